The van der Waals surface area contributed by atoms with Gasteiger partial charge in [0.1, 0.15) is 5.69 Å². The minimum Gasteiger partial charge on any atom is -0.294 e. The van der Waals surface area contributed by atoms with Gasteiger partial charge >= 0.3 is 6.03 Å². The van der Waals surface area contributed by atoms with Gasteiger partial charge in [-0.25, -0.2) is 9.48 Å². The molecule has 3 aromatic rings. The van der Waals surface area contributed by atoms with Crippen molar-refractivity contribution in [3.05, 3.63) is 67.1 Å². The van der Waals surface area contributed by atoms with E-state index >= 15 is 0 Å². The Morgan fingerprint density at radius 3 is 2.13 bits per heavy atom. The van der Waals surface area contributed by atoms with Crippen LogP contribution in [0.5, 0.6) is 0 Å². The van der Waals surface area contributed by atoms with Gasteiger partial charge < -0.3 is 0 Å². The summed E-state index contributed by atoms with van der Waals surface area (Å²) >= 11 is 30.2. The van der Waals surface area contributed by atoms with Crippen LogP contribution >= 0.6 is 58.0 Å². The van der Waals surface area contributed by atoms with Crippen molar-refractivity contribution in [2.45, 2.75) is 6.92 Å². The number of anilines is 1. The number of imide groups is 1. The molecule has 0 aliphatic rings. The van der Waals surface area contributed by atoms with Crippen molar-refractivity contribution in [2.24, 2.45) is 0 Å². The summed E-state index contributed by atoms with van der Waals surface area (Å²) in [7, 11) is 0. The molecule has 8 nitrogen and oxygen atoms in total. The molecule has 3 N–H and O–H groups in total. The zero-order chi connectivity index (χ0) is 22.0. The van der Waals surface area contributed by atoms with Crippen LogP contribution in [0.25, 0.3) is 5.69 Å². The Labute approximate surface area is 195 Å². The van der Waals surface area contributed by atoms with Crippen LogP contribution in [0.3, 0.4) is 0 Å². The SMILES string of the molecule is Cc1cc(C(=O)NC(=O)NNc2c(Cl)cncc2Cl)nn1-c1c(Cl)cc(Cl)cc1Cl. The maximum absolute atomic E-state index is 12.4. The van der Waals surface area contributed by atoms with Gasteiger partial charge in [0.15, 0.2) is 5.69 Å². The second-order valence-corrected chi connectivity index (χ2v) is 7.88. The first-order valence-corrected chi connectivity index (χ1v) is 9.94. The molecule has 0 atom stereocenters. The third-order valence-electron chi connectivity index (χ3n) is 3.70. The highest BCUT2D eigenvalue weighted by atomic mass is 35.5. The summed E-state index contributed by atoms with van der Waals surface area (Å²) in [6, 6.07) is 3.60. The van der Waals surface area contributed by atoms with Crippen LogP contribution in [0.1, 0.15) is 16.2 Å². The Kier molecular flexibility index (Phi) is 6.95. The molecule has 0 unspecified atom stereocenters. The number of urea groups is 1. The molecule has 0 spiro atoms. The van der Waals surface area contributed by atoms with E-state index in [1.807, 2.05) is 0 Å². The first-order chi connectivity index (χ1) is 14.2. The molecule has 0 bridgehead atoms. The lowest BCUT2D eigenvalue weighted by atomic mass is 10.3. The van der Waals surface area contributed by atoms with E-state index in [0.29, 0.717) is 16.4 Å². The number of carbonyl (C=O) groups is 2. The molecule has 0 radical (unpaired) electrons. The summed E-state index contributed by atoms with van der Waals surface area (Å²) < 4.78 is 1.38. The standard InChI is InChI=1S/C17H11Cl5N6O2/c1-7-2-13(27-28(7)15-9(19)3-8(18)4-10(15)20)16(29)24-17(30)26-25-14-11(21)5-23-6-12(14)22/h2-6H,1H3,(H,23,25)(H2,24,26,29,30). The fraction of sp³-hybridized carbons (Fsp3) is 0.0588. The number of carbonyl (C=O) groups excluding carboxylic acids is 2. The highest BCUT2D eigenvalue weighted by Gasteiger charge is 2.19. The lowest BCUT2D eigenvalue weighted by Gasteiger charge is -2.11. The number of rotatable bonds is 4. The molecule has 3 rings (SSSR count). The minimum absolute atomic E-state index is 0.0373. The van der Waals surface area contributed by atoms with Crippen molar-refractivity contribution in [2.75, 3.05) is 5.43 Å². The number of halogens is 5. The predicted molar refractivity (Wildman–Crippen MR) is 117 cm³/mol. The average Bonchev–Trinajstić information content (AvgIpc) is 3.02. The summed E-state index contributed by atoms with van der Waals surface area (Å²) in [5.41, 5.74) is 5.86. The van der Waals surface area contributed by atoms with Crippen molar-refractivity contribution in [1.82, 2.24) is 25.5 Å². The molecule has 0 saturated heterocycles. The van der Waals surface area contributed by atoms with E-state index in [4.69, 9.17) is 58.0 Å². The van der Waals surface area contributed by atoms with E-state index in [-0.39, 0.29) is 31.5 Å². The molecule has 0 aliphatic heterocycles. The smallest absolute Gasteiger partial charge is 0.294 e. The third kappa shape index (κ3) is 4.91. The van der Waals surface area contributed by atoms with Gasteiger partial charge in [0.05, 0.1) is 25.8 Å². The monoisotopic (exact) mass is 506 g/mol. The van der Waals surface area contributed by atoms with E-state index in [9.17, 15) is 9.59 Å². The van der Waals surface area contributed by atoms with Gasteiger partial charge in [-0.15, -0.1) is 0 Å². The first-order valence-electron chi connectivity index (χ1n) is 8.05. The van der Waals surface area contributed by atoms with Crippen LogP contribution in [0.2, 0.25) is 25.1 Å². The Bertz CT molecular complexity index is 1110. The van der Waals surface area contributed by atoms with Gasteiger partial charge in [0, 0.05) is 23.1 Å². The van der Waals surface area contributed by atoms with E-state index in [0.717, 1.165) is 0 Å². The van der Waals surface area contributed by atoms with Crippen LogP contribution in [0.4, 0.5) is 10.5 Å². The van der Waals surface area contributed by atoms with E-state index in [1.54, 1.807) is 6.92 Å². The van der Waals surface area contributed by atoms with E-state index in [1.165, 1.54) is 35.3 Å². The second-order valence-electron chi connectivity index (χ2n) is 5.81. The van der Waals surface area contributed by atoms with Crippen molar-refractivity contribution in [3.63, 3.8) is 0 Å². The fourth-order valence-corrected chi connectivity index (χ4v) is 3.83. The molecule has 0 aliphatic carbocycles. The predicted octanol–water partition coefficient (Wildman–Crippen LogP) is 5.31. The van der Waals surface area contributed by atoms with Gasteiger partial charge in [-0.2, -0.15) is 5.10 Å². The Balaban J connectivity index is 1.72. The average molecular weight is 509 g/mol. The summed E-state index contributed by atoms with van der Waals surface area (Å²) in [4.78, 5) is 28.2. The topological polar surface area (TPSA) is 101 Å². The number of pyridine rings is 1. The number of hydrazine groups is 1. The molecule has 2 aromatic heterocycles. The molecular weight excluding hydrogens is 497 g/mol. The summed E-state index contributed by atoms with van der Waals surface area (Å²) in [6.07, 6.45) is 2.67. The number of aromatic nitrogens is 3. The normalized spacial score (nSPS) is 10.6. The Hall–Kier alpha value is -2.23. The fourth-order valence-electron chi connectivity index (χ4n) is 2.40. The van der Waals surface area contributed by atoms with Gasteiger partial charge in [0.2, 0.25) is 0 Å². The van der Waals surface area contributed by atoms with Crippen molar-refractivity contribution in [1.29, 1.82) is 0 Å². The molecular formula is C17H11Cl5N6O2. The number of benzene rings is 1. The van der Waals surface area contributed by atoms with Gasteiger partial charge in [-0.1, -0.05) is 58.0 Å². The maximum Gasteiger partial charge on any atom is 0.340 e. The van der Waals surface area contributed by atoms with Crippen LogP contribution in [-0.2, 0) is 0 Å². The van der Waals surface area contributed by atoms with Crippen LogP contribution in [0.15, 0.2) is 30.6 Å². The Morgan fingerprint density at radius 2 is 1.53 bits per heavy atom. The molecule has 0 fully saturated rings. The van der Waals surface area contributed by atoms with E-state index < -0.39 is 11.9 Å². The minimum atomic E-state index is -0.862. The highest BCUT2D eigenvalue weighted by Crippen LogP contribution is 2.32. The lowest BCUT2D eigenvalue weighted by Crippen LogP contribution is -2.42. The van der Waals surface area contributed by atoms with Crippen molar-refractivity contribution in [3.8, 4) is 5.69 Å². The zero-order valence-corrected chi connectivity index (χ0v) is 18.7. The number of amides is 3. The second kappa shape index (κ2) is 9.28. The summed E-state index contributed by atoms with van der Waals surface area (Å²) in [5.74, 6) is -0.760. The molecule has 30 heavy (non-hydrogen) atoms. The first kappa shape index (κ1) is 22.5. The molecule has 2 heterocycles. The summed E-state index contributed by atoms with van der Waals surface area (Å²) in [5, 5.41) is 7.51. The molecule has 13 heteroatoms. The third-order valence-corrected chi connectivity index (χ3v) is 5.06. The van der Waals surface area contributed by atoms with Crippen LogP contribution < -0.4 is 16.2 Å². The number of hydrogen-bond acceptors (Lipinski definition) is 5. The molecule has 0 saturated carbocycles. The van der Waals surface area contributed by atoms with Gasteiger partial charge in [0.25, 0.3) is 5.91 Å². The largest absolute Gasteiger partial charge is 0.340 e. The Morgan fingerprint density at radius 1 is 0.933 bits per heavy atom. The van der Waals surface area contributed by atoms with Gasteiger partial charge in [-0.05, 0) is 25.1 Å². The maximum atomic E-state index is 12.4. The quantitative estimate of drug-likeness (QED) is 0.415. The molecule has 3 amide bonds. The van der Waals surface area contributed by atoms with E-state index in [2.05, 4.69) is 26.3 Å². The molecule has 156 valence electrons. The van der Waals surface area contributed by atoms with Crippen LogP contribution in [0, 0.1) is 6.92 Å². The number of nitrogens with one attached hydrogen (secondary N) is 3. The van der Waals surface area contributed by atoms with Crippen molar-refractivity contribution < 1.29 is 9.59 Å². The zero-order valence-electron chi connectivity index (χ0n) is 14.9. The van der Waals surface area contributed by atoms with Crippen molar-refractivity contribution >= 4 is 75.6 Å². The number of nitrogens with zero attached hydrogens (tertiary/aromatic N) is 3. The number of hydrogen-bond donors (Lipinski definition) is 3. The van der Waals surface area contributed by atoms with Crippen LogP contribution in [-0.4, -0.2) is 26.7 Å². The highest BCUT2D eigenvalue weighted by molar-refractivity contribution is 6.40. The van der Waals surface area contributed by atoms with Gasteiger partial charge in [-0.3, -0.25) is 25.9 Å². The summed E-state index contributed by atoms with van der Waals surface area (Å²) in [6.45, 7) is 1.69. The lowest BCUT2D eigenvalue weighted by molar-refractivity contribution is 0.0959. The molecule has 1 aromatic carbocycles. The number of aryl methyl sites for hydroxylation is 1.